The molecule has 4 unspecified atom stereocenters. The van der Waals surface area contributed by atoms with Gasteiger partial charge in [-0.1, -0.05) is 26.0 Å². The van der Waals surface area contributed by atoms with Gasteiger partial charge in [-0.05, 0) is 83.1 Å². The Hall–Kier alpha value is -2.94. The van der Waals surface area contributed by atoms with Gasteiger partial charge in [-0.2, -0.15) is 10.2 Å². The van der Waals surface area contributed by atoms with Crippen molar-refractivity contribution >= 4 is 21.6 Å². The summed E-state index contributed by atoms with van der Waals surface area (Å²) in [5, 5.41) is 33.2. The standard InChI is InChI=1S/C30H32F4N6O2S2/c1-17(19-3-4-19)29(41,23-9-7-21(31)11-25(23)33)13-39-27(35-15-37-39)43-44-28-36-16-38-40(28)14-30(42,18(2)20-5-6-20)24-10-8-22(32)12-26(24)34/h7-12,15-20,41-42H,3-6,13-14H2,1-2H3. The lowest BCUT2D eigenvalue weighted by molar-refractivity contribution is -0.0493. The van der Waals surface area contributed by atoms with Crippen LogP contribution in [0.25, 0.3) is 0 Å². The molecule has 0 amide bonds. The zero-order chi connectivity index (χ0) is 31.2. The maximum atomic E-state index is 15.0. The molecule has 2 heterocycles. The van der Waals surface area contributed by atoms with Gasteiger partial charge in [0.25, 0.3) is 0 Å². The summed E-state index contributed by atoms with van der Waals surface area (Å²) in [6.45, 7) is 3.47. The second-order valence-corrected chi connectivity index (χ2v) is 14.0. The molecule has 4 aromatic rings. The van der Waals surface area contributed by atoms with Gasteiger partial charge in [0, 0.05) is 23.3 Å². The first-order valence-corrected chi connectivity index (χ1v) is 16.6. The van der Waals surface area contributed by atoms with Crippen molar-refractivity contribution in [3.05, 3.63) is 83.4 Å². The Morgan fingerprint density at radius 3 is 1.45 bits per heavy atom. The minimum atomic E-state index is -1.68. The summed E-state index contributed by atoms with van der Waals surface area (Å²) in [5.74, 6) is -3.41. The zero-order valence-corrected chi connectivity index (χ0v) is 25.7. The van der Waals surface area contributed by atoms with E-state index in [1.807, 2.05) is 13.8 Å². The topological polar surface area (TPSA) is 102 Å². The molecule has 234 valence electrons. The molecule has 2 aromatic carbocycles. The molecule has 0 saturated heterocycles. The van der Waals surface area contributed by atoms with Crippen LogP contribution in [0.1, 0.15) is 50.7 Å². The van der Waals surface area contributed by atoms with E-state index in [0.29, 0.717) is 10.3 Å². The second kappa shape index (κ2) is 12.1. The van der Waals surface area contributed by atoms with Gasteiger partial charge < -0.3 is 10.2 Å². The summed E-state index contributed by atoms with van der Waals surface area (Å²) in [4.78, 5) is 8.64. The predicted octanol–water partition coefficient (Wildman–Crippen LogP) is 6.09. The third kappa shape index (κ3) is 6.13. The third-order valence-corrected chi connectivity index (χ3v) is 11.3. The highest BCUT2D eigenvalue weighted by Crippen LogP contribution is 2.49. The molecule has 4 atom stereocenters. The van der Waals surface area contributed by atoms with Crippen LogP contribution >= 0.6 is 21.6 Å². The van der Waals surface area contributed by atoms with E-state index in [2.05, 4.69) is 20.2 Å². The lowest BCUT2D eigenvalue weighted by atomic mass is 9.79. The van der Waals surface area contributed by atoms with E-state index in [4.69, 9.17) is 0 Å². The average Bonchev–Trinajstić information content (AvgIpc) is 3.91. The van der Waals surface area contributed by atoms with E-state index < -0.39 is 34.5 Å². The molecule has 44 heavy (non-hydrogen) atoms. The van der Waals surface area contributed by atoms with Crippen molar-refractivity contribution in [1.82, 2.24) is 29.5 Å². The smallest absolute Gasteiger partial charge is 0.197 e. The van der Waals surface area contributed by atoms with Crippen molar-refractivity contribution < 1.29 is 27.8 Å². The van der Waals surface area contributed by atoms with E-state index >= 15 is 0 Å². The summed E-state index contributed by atoms with van der Waals surface area (Å²) in [7, 11) is 2.34. The highest BCUT2D eigenvalue weighted by atomic mass is 33.1. The molecule has 2 fully saturated rings. The van der Waals surface area contributed by atoms with Crippen LogP contribution in [0.4, 0.5) is 17.6 Å². The van der Waals surface area contributed by atoms with Crippen LogP contribution in [0.3, 0.4) is 0 Å². The van der Waals surface area contributed by atoms with Gasteiger partial charge >= 0.3 is 0 Å². The second-order valence-electron chi connectivity index (χ2n) is 11.9. The first kappa shape index (κ1) is 31.1. The number of nitrogens with zero attached hydrogens (tertiary/aromatic N) is 6. The average molecular weight is 649 g/mol. The van der Waals surface area contributed by atoms with Gasteiger partial charge in [0.1, 0.15) is 47.1 Å². The summed E-state index contributed by atoms with van der Waals surface area (Å²) >= 11 is 0. The Bertz CT molecular complexity index is 1530. The number of aliphatic hydroxyl groups is 2. The molecule has 2 N–H and O–H groups in total. The zero-order valence-electron chi connectivity index (χ0n) is 24.1. The summed E-state index contributed by atoms with van der Waals surface area (Å²) in [5.41, 5.74) is -3.37. The van der Waals surface area contributed by atoms with Crippen molar-refractivity contribution in [2.75, 3.05) is 0 Å². The van der Waals surface area contributed by atoms with Gasteiger partial charge in [0.05, 0.1) is 13.1 Å². The van der Waals surface area contributed by atoms with Crippen molar-refractivity contribution in [3.8, 4) is 0 Å². The fourth-order valence-electron chi connectivity index (χ4n) is 5.99. The summed E-state index contributed by atoms with van der Waals surface area (Å²) < 4.78 is 60.3. The van der Waals surface area contributed by atoms with Crippen molar-refractivity contribution in [3.63, 3.8) is 0 Å². The third-order valence-electron chi connectivity index (χ3n) is 9.09. The molecule has 2 aromatic heterocycles. The van der Waals surface area contributed by atoms with E-state index in [1.165, 1.54) is 55.7 Å². The minimum absolute atomic E-state index is 0.00533. The predicted molar refractivity (Wildman–Crippen MR) is 156 cm³/mol. The number of hydrogen-bond donors (Lipinski definition) is 2. The Labute approximate surface area is 259 Å². The highest BCUT2D eigenvalue weighted by molar-refractivity contribution is 8.76. The molecule has 8 nitrogen and oxygen atoms in total. The molecule has 0 spiro atoms. The van der Waals surface area contributed by atoms with Crippen LogP contribution in [0.15, 0.2) is 59.4 Å². The molecule has 6 rings (SSSR count). The SMILES string of the molecule is CC(C1CC1)C(O)(Cn1ncnc1SSc1ncnn1CC(O)(c1ccc(F)cc1F)C(C)C1CC1)c1ccc(F)cc1F. The van der Waals surface area contributed by atoms with Crippen LogP contribution < -0.4 is 0 Å². The number of benzene rings is 2. The summed E-state index contributed by atoms with van der Waals surface area (Å²) in [6.07, 6.45) is 6.28. The van der Waals surface area contributed by atoms with Gasteiger partial charge in [-0.25, -0.2) is 36.9 Å². The van der Waals surface area contributed by atoms with Gasteiger partial charge in [0.15, 0.2) is 10.3 Å². The fourth-order valence-corrected chi connectivity index (χ4v) is 7.93. The van der Waals surface area contributed by atoms with Crippen LogP contribution in [0, 0.1) is 46.9 Å². The fraction of sp³-hybridized carbons (Fsp3) is 0.467. The maximum Gasteiger partial charge on any atom is 0.197 e. The van der Waals surface area contributed by atoms with Crippen molar-refractivity contribution in [2.45, 2.75) is 74.1 Å². The van der Waals surface area contributed by atoms with Gasteiger partial charge in [-0.3, -0.25) is 0 Å². The lowest BCUT2D eigenvalue weighted by Gasteiger charge is -2.35. The molecular weight excluding hydrogens is 616 g/mol. The maximum absolute atomic E-state index is 15.0. The molecule has 2 aliphatic rings. The first-order valence-electron chi connectivity index (χ1n) is 14.5. The quantitative estimate of drug-likeness (QED) is 0.133. The minimum Gasteiger partial charge on any atom is -0.383 e. The Morgan fingerprint density at radius 2 is 1.11 bits per heavy atom. The van der Waals surface area contributed by atoms with Gasteiger partial charge in [-0.15, -0.1) is 0 Å². The molecular formula is C30H32F4N6O2S2. The van der Waals surface area contributed by atoms with Crippen LogP contribution in [0.2, 0.25) is 0 Å². The molecule has 2 saturated carbocycles. The monoisotopic (exact) mass is 648 g/mol. The first-order chi connectivity index (χ1) is 21.0. The molecule has 0 radical (unpaired) electrons. The summed E-state index contributed by atoms with van der Waals surface area (Å²) in [6, 6.07) is 6.35. The number of rotatable bonds is 13. The van der Waals surface area contributed by atoms with Crippen molar-refractivity contribution in [2.24, 2.45) is 23.7 Å². The van der Waals surface area contributed by atoms with E-state index in [9.17, 15) is 27.8 Å². The largest absolute Gasteiger partial charge is 0.383 e. The Balaban J connectivity index is 1.23. The number of hydrogen-bond acceptors (Lipinski definition) is 8. The van der Waals surface area contributed by atoms with Crippen LogP contribution in [-0.2, 0) is 24.3 Å². The molecule has 14 heteroatoms. The molecule has 0 aliphatic heterocycles. The van der Waals surface area contributed by atoms with E-state index in [1.54, 1.807) is 0 Å². The molecule has 0 bridgehead atoms. The van der Waals surface area contributed by atoms with Crippen molar-refractivity contribution in [1.29, 1.82) is 0 Å². The Morgan fingerprint density at radius 1 is 0.727 bits per heavy atom. The lowest BCUT2D eigenvalue weighted by Crippen LogP contribution is -2.40. The molecule has 2 aliphatic carbocycles. The normalized spacial score (nSPS) is 19.4. The van der Waals surface area contributed by atoms with E-state index in [-0.39, 0.29) is 47.9 Å². The van der Waals surface area contributed by atoms with Crippen LogP contribution in [0.5, 0.6) is 0 Å². The number of aromatic nitrogens is 6. The number of halogens is 4. The van der Waals surface area contributed by atoms with E-state index in [0.717, 1.165) is 49.9 Å². The van der Waals surface area contributed by atoms with Crippen LogP contribution in [-0.4, -0.2) is 39.7 Å². The Kier molecular flexibility index (Phi) is 8.54. The van der Waals surface area contributed by atoms with Gasteiger partial charge in [0.2, 0.25) is 0 Å². The highest BCUT2D eigenvalue weighted by Gasteiger charge is 2.47.